The number of pyridine rings is 1. The zero-order valence-electron chi connectivity index (χ0n) is 14.2. The number of fused-ring (bicyclic) bond motifs is 1. The van der Waals surface area contributed by atoms with Crippen molar-refractivity contribution in [3.63, 3.8) is 0 Å². The largest absolute Gasteiger partial charge is 0.454 e. The molecule has 0 atom stereocenters. The predicted octanol–water partition coefficient (Wildman–Crippen LogP) is 1.00. The molecule has 2 heterocycles. The summed E-state index contributed by atoms with van der Waals surface area (Å²) in [5.74, 6) is 0.806. The first-order valence-corrected chi connectivity index (χ1v) is 9.81. The third-order valence-corrected chi connectivity index (χ3v) is 5.06. The molecule has 3 rings (SSSR count). The fraction of sp³-hybridized carbons (Fsp3) is 0.294. The SMILES string of the molecule is CS(=O)(=O)N(CCNC(=O)c1ccc2c(c1)OCO2)Cc1ccccn1. The Kier molecular flexibility index (Phi) is 5.38. The molecule has 0 bridgehead atoms. The number of nitrogens with one attached hydrogen (secondary N) is 1. The average Bonchev–Trinajstić information content (AvgIpc) is 3.08. The fourth-order valence-corrected chi connectivity index (χ4v) is 3.26. The van der Waals surface area contributed by atoms with Crippen molar-refractivity contribution in [2.24, 2.45) is 0 Å². The van der Waals surface area contributed by atoms with E-state index in [2.05, 4.69) is 10.3 Å². The molecule has 26 heavy (non-hydrogen) atoms. The van der Waals surface area contributed by atoms with Gasteiger partial charge in [0.25, 0.3) is 5.91 Å². The van der Waals surface area contributed by atoms with E-state index in [0.29, 0.717) is 22.8 Å². The first-order valence-electron chi connectivity index (χ1n) is 7.96. The molecule has 1 aromatic heterocycles. The van der Waals surface area contributed by atoms with E-state index in [9.17, 15) is 13.2 Å². The van der Waals surface area contributed by atoms with Crippen LogP contribution in [0.5, 0.6) is 11.5 Å². The third-order valence-electron chi connectivity index (χ3n) is 3.82. The Morgan fingerprint density at radius 3 is 2.77 bits per heavy atom. The van der Waals surface area contributed by atoms with Crippen LogP contribution in [-0.2, 0) is 16.6 Å². The van der Waals surface area contributed by atoms with Gasteiger partial charge in [0.05, 0.1) is 18.5 Å². The Bertz CT molecular complexity index is 887. The van der Waals surface area contributed by atoms with Gasteiger partial charge in [-0.25, -0.2) is 8.42 Å². The average molecular weight is 377 g/mol. The minimum Gasteiger partial charge on any atom is -0.454 e. The van der Waals surface area contributed by atoms with Gasteiger partial charge in [0.1, 0.15) is 0 Å². The Morgan fingerprint density at radius 1 is 1.23 bits per heavy atom. The molecule has 9 heteroatoms. The van der Waals surface area contributed by atoms with Gasteiger partial charge in [-0.3, -0.25) is 9.78 Å². The minimum atomic E-state index is -3.43. The third kappa shape index (κ3) is 4.50. The summed E-state index contributed by atoms with van der Waals surface area (Å²) in [4.78, 5) is 16.4. The Labute approximate surface area is 151 Å². The van der Waals surface area contributed by atoms with Crippen molar-refractivity contribution in [3.05, 3.63) is 53.9 Å². The Balaban J connectivity index is 1.58. The van der Waals surface area contributed by atoms with Gasteiger partial charge in [0, 0.05) is 24.8 Å². The molecule has 2 aromatic rings. The number of benzene rings is 1. The van der Waals surface area contributed by atoms with E-state index in [1.165, 1.54) is 4.31 Å². The van der Waals surface area contributed by atoms with E-state index in [-0.39, 0.29) is 32.3 Å². The van der Waals surface area contributed by atoms with Crippen molar-refractivity contribution >= 4 is 15.9 Å². The highest BCUT2D eigenvalue weighted by Crippen LogP contribution is 2.32. The number of rotatable bonds is 7. The number of hydrogen-bond donors (Lipinski definition) is 1. The lowest BCUT2D eigenvalue weighted by molar-refractivity contribution is 0.0951. The highest BCUT2D eigenvalue weighted by atomic mass is 32.2. The summed E-state index contributed by atoms with van der Waals surface area (Å²) in [6, 6.07) is 10.2. The molecule has 1 N–H and O–H groups in total. The molecular formula is C17H19N3O5S. The second kappa shape index (κ2) is 7.71. The summed E-state index contributed by atoms with van der Waals surface area (Å²) in [6.45, 7) is 0.607. The molecule has 138 valence electrons. The van der Waals surface area contributed by atoms with Crippen LogP contribution in [0.4, 0.5) is 0 Å². The number of ether oxygens (including phenoxy) is 2. The van der Waals surface area contributed by atoms with Crippen molar-refractivity contribution in [1.29, 1.82) is 0 Å². The number of aromatic nitrogens is 1. The van der Waals surface area contributed by atoms with Crippen LogP contribution in [0.2, 0.25) is 0 Å². The van der Waals surface area contributed by atoms with Gasteiger partial charge in [-0.15, -0.1) is 0 Å². The van der Waals surface area contributed by atoms with Gasteiger partial charge in [-0.05, 0) is 30.3 Å². The molecule has 0 saturated heterocycles. The van der Waals surface area contributed by atoms with Gasteiger partial charge >= 0.3 is 0 Å². The van der Waals surface area contributed by atoms with Crippen molar-refractivity contribution in [3.8, 4) is 11.5 Å². The van der Waals surface area contributed by atoms with Gasteiger partial charge in [0.15, 0.2) is 11.5 Å². The number of carbonyl (C=O) groups excluding carboxylic acids is 1. The summed E-state index contributed by atoms with van der Waals surface area (Å²) >= 11 is 0. The molecule has 0 unspecified atom stereocenters. The van der Waals surface area contributed by atoms with Crippen LogP contribution in [0.3, 0.4) is 0 Å². The lowest BCUT2D eigenvalue weighted by atomic mass is 10.2. The van der Waals surface area contributed by atoms with Crippen LogP contribution in [0.15, 0.2) is 42.6 Å². The molecule has 8 nitrogen and oxygen atoms in total. The highest BCUT2D eigenvalue weighted by molar-refractivity contribution is 7.88. The van der Waals surface area contributed by atoms with Crippen molar-refractivity contribution in [2.45, 2.75) is 6.54 Å². The molecule has 1 amide bonds. The molecule has 1 aromatic carbocycles. The maximum absolute atomic E-state index is 12.2. The topological polar surface area (TPSA) is 97.8 Å². The van der Waals surface area contributed by atoms with Crippen molar-refractivity contribution in [2.75, 3.05) is 26.1 Å². The van der Waals surface area contributed by atoms with E-state index in [4.69, 9.17) is 9.47 Å². The van der Waals surface area contributed by atoms with E-state index < -0.39 is 10.0 Å². The molecule has 1 aliphatic heterocycles. The number of hydrogen-bond acceptors (Lipinski definition) is 6. The second-order valence-corrected chi connectivity index (χ2v) is 7.72. The summed E-state index contributed by atoms with van der Waals surface area (Å²) in [6.07, 6.45) is 2.74. The smallest absolute Gasteiger partial charge is 0.251 e. The van der Waals surface area contributed by atoms with Crippen LogP contribution in [0.25, 0.3) is 0 Å². The summed E-state index contributed by atoms with van der Waals surface area (Å²) in [5.41, 5.74) is 1.06. The number of nitrogens with zero attached hydrogens (tertiary/aromatic N) is 2. The highest BCUT2D eigenvalue weighted by Gasteiger charge is 2.19. The monoisotopic (exact) mass is 377 g/mol. The predicted molar refractivity (Wildman–Crippen MR) is 94.4 cm³/mol. The zero-order valence-corrected chi connectivity index (χ0v) is 15.0. The van der Waals surface area contributed by atoms with Gasteiger partial charge < -0.3 is 14.8 Å². The number of sulfonamides is 1. The number of carbonyl (C=O) groups is 1. The minimum absolute atomic E-state index is 0.136. The van der Waals surface area contributed by atoms with Crippen LogP contribution in [0.1, 0.15) is 16.1 Å². The molecular weight excluding hydrogens is 358 g/mol. The van der Waals surface area contributed by atoms with Gasteiger partial charge in [-0.1, -0.05) is 6.07 Å². The molecule has 0 spiro atoms. The maximum atomic E-state index is 12.2. The second-order valence-electron chi connectivity index (χ2n) is 5.74. The molecule has 0 aliphatic carbocycles. The lowest BCUT2D eigenvalue weighted by Crippen LogP contribution is -2.37. The van der Waals surface area contributed by atoms with E-state index >= 15 is 0 Å². The van der Waals surface area contributed by atoms with E-state index in [1.54, 1.807) is 42.6 Å². The standard InChI is InChI=1S/C17H19N3O5S/c1-26(22,23)20(11-14-4-2-3-7-18-14)9-8-19-17(21)13-5-6-15-16(10-13)25-12-24-15/h2-7,10H,8-9,11-12H2,1H3,(H,19,21). The van der Waals surface area contributed by atoms with Crippen LogP contribution in [0, 0.1) is 0 Å². The first-order chi connectivity index (χ1) is 12.4. The van der Waals surface area contributed by atoms with Crippen molar-refractivity contribution < 1.29 is 22.7 Å². The molecule has 0 radical (unpaired) electrons. The van der Waals surface area contributed by atoms with Gasteiger partial charge in [0.2, 0.25) is 16.8 Å². The molecule has 0 saturated carbocycles. The normalized spacial score (nSPS) is 13.0. The van der Waals surface area contributed by atoms with Gasteiger partial charge in [-0.2, -0.15) is 4.31 Å². The summed E-state index contributed by atoms with van der Waals surface area (Å²) in [5, 5.41) is 2.72. The van der Waals surface area contributed by atoms with Crippen molar-refractivity contribution in [1.82, 2.24) is 14.6 Å². The fourth-order valence-electron chi connectivity index (χ4n) is 2.47. The Hall–Kier alpha value is -2.65. The Morgan fingerprint density at radius 2 is 2.04 bits per heavy atom. The zero-order chi connectivity index (χ0) is 18.6. The molecule has 0 fully saturated rings. The summed E-state index contributed by atoms with van der Waals surface area (Å²) < 4.78 is 35.7. The van der Waals surface area contributed by atoms with E-state index in [0.717, 1.165) is 6.26 Å². The lowest BCUT2D eigenvalue weighted by Gasteiger charge is -2.19. The van der Waals surface area contributed by atoms with Crippen LogP contribution < -0.4 is 14.8 Å². The molecule has 1 aliphatic rings. The number of amides is 1. The van der Waals surface area contributed by atoms with Crippen LogP contribution in [-0.4, -0.2) is 49.8 Å². The van der Waals surface area contributed by atoms with E-state index in [1.807, 2.05) is 0 Å². The van der Waals surface area contributed by atoms with Crippen LogP contribution >= 0.6 is 0 Å². The quantitative estimate of drug-likeness (QED) is 0.773. The maximum Gasteiger partial charge on any atom is 0.251 e. The summed E-state index contributed by atoms with van der Waals surface area (Å²) in [7, 11) is -3.43. The first kappa shape index (κ1) is 18.2.